The van der Waals surface area contributed by atoms with Crippen molar-refractivity contribution in [2.45, 2.75) is 11.8 Å². The Labute approximate surface area is 145 Å². The SMILES string of the molecule is O=C(O)CC(C(=O)O)(c1ccccc1[N+](=O)[O-])c1ccccc1[N+](=O)[O-]. The zero-order valence-electron chi connectivity index (χ0n) is 13.1. The van der Waals surface area contributed by atoms with E-state index in [2.05, 4.69) is 0 Å². The van der Waals surface area contributed by atoms with Gasteiger partial charge < -0.3 is 10.2 Å². The van der Waals surface area contributed by atoms with Crippen molar-refractivity contribution in [1.82, 2.24) is 0 Å². The van der Waals surface area contributed by atoms with E-state index in [9.17, 15) is 40.0 Å². The van der Waals surface area contributed by atoms with Crippen LogP contribution >= 0.6 is 0 Å². The molecular formula is C16H12N2O8. The summed E-state index contributed by atoms with van der Waals surface area (Å²) >= 11 is 0. The van der Waals surface area contributed by atoms with Crippen molar-refractivity contribution >= 4 is 23.3 Å². The number of rotatable bonds is 7. The number of carbonyl (C=O) groups is 2. The Morgan fingerprint density at radius 2 is 1.23 bits per heavy atom. The molecule has 0 aliphatic heterocycles. The first-order valence-electron chi connectivity index (χ1n) is 7.14. The van der Waals surface area contributed by atoms with Crippen molar-refractivity contribution in [3.05, 3.63) is 79.9 Å². The molecule has 2 rings (SSSR count). The van der Waals surface area contributed by atoms with Gasteiger partial charge in [0.15, 0.2) is 0 Å². The highest BCUT2D eigenvalue weighted by molar-refractivity contribution is 5.93. The van der Waals surface area contributed by atoms with Crippen LogP contribution in [0.1, 0.15) is 17.5 Å². The van der Waals surface area contributed by atoms with E-state index < -0.39 is 56.1 Å². The van der Waals surface area contributed by atoms with E-state index in [1.54, 1.807) is 0 Å². The lowest BCUT2D eigenvalue weighted by atomic mass is 9.70. The van der Waals surface area contributed by atoms with E-state index in [1.807, 2.05) is 0 Å². The predicted octanol–water partition coefficient (Wildman–Crippen LogP) is 2.35. The van der Waals surface area contributed by atoms with Gasteiger partial charge in [-0.05, 0) is 0 Å². The fraction of sp³-hybridized carbons (Fsp3) is 0.125. The zero-order valence-corrected chi connectivity index (χ0v) is 13.1. The van der Waals surface area contributed by atoms with Crippen molar-refractivity contribution < 1.29 is 29.6 Å². The van der Waals surface area contributed by atoms with Crippen LogP contribution in [-0.2, 0) is 15.0 Å². The van der Waals surface area contributed by atoms with Crippen molar-refractivity contribution in [2.75, 3.05) is 0 Å². The van der Waals surface area contributed by atoms with Crippen molar-refractivity contribution in [3.8, 4) is 0 Å². The second-order valence-corrected chi connectivity index (χ2v) is 5.33. The number of carboxylic acid groups (broad SMARTS) is 2. The van der Waals surface area contributed by atoms with Crippen LogP contribution in [0, 0.1) is 20.2 Å². The minimum Gasteiger partial charge on any atom is -0.481 e. The lowest BCUT2D eigenvalue weighted by Crippen LogP contribution is -2.40. The third-order valence-corrected chi connectivity index (χ3v) is 3.90. The Hall–Kier alpha value is -3.82. The highest BCUT2D eigenvalue weighted by Gasteiger charge is 2.51. The van der Waals surface area contributed by atoms with Crippen molar-refractivity contribution in [1.29, 1.82) is 0 Å². The number of benzene rings is 2. The van der Waals surface area contributed by atoms with Gasteiger partial charge in [-0.2, -0.15) is 0 Å². The molecule has 0 saturated heterocycles. The Bertz CT molecular complexity index is 851. The first-order chi connectivity index (χ1) is 12.2. The van der Waals surface area contributed by atoms with Crippen molar-refractivity contribution in [3.63, 3.8) is 0 Å². The molecule has 26 heavy (non-hydrogen) atoms. The molecule has 2 aromatic rings. The number of carboxylic acids is 2. The second kappa shape index (κ2) is 6.97. The van der Waals surface area contributed by atoms with Crippen LogP contribution in [0.5, 0.6) is 0 Å². The molecule has 2 N–H and O–H groups in total. The molecule has 0 heterocycles. The third-order valence-electron chi connectivity index (χ3n) is 3.90. The Morgan fingerprint density at radius 3 is 1.54 bits per heavy atom. The van der Waals surface area contributed by atoms with Gasteiger partial charge in [-0.3, -0.25) is 29.8 Å². The lowest BCUT2D eigenvalue weighted by molar-refractivity contribution is -0.387. The fourth-order valence-electron chi connectivity index (χ4n) is 2.86. The maximum absolute atomic E-state index is 12.2. The van der Waals surface area contributed by atoms with Gasteiger partial charge in [0, 0.05) is 12.1 Å². The van der Waals surface area contributed by atoms with E-state index in [-0.39, 0.29) is 0 Å². The van der Waals surface area contributed by atoms with E-state index >= 15 is 0 Å². The summed E-state index contributed by atoms with van der Waals surface area (Å²) in [5.41, 5.74) is -4.70. The van der Waals surface area contributed by atoms with Gasteiger partial charge in [-0.1, -0.05) is 36.4 Å². The summed E-state index contributed by atoms with van der Waals surface area (Å²) in [5, 5.41) is 41.9. The maximum atomic E-state index is 12.2. The van der Waals surface area contributed by atoms with Crippen LogP contribution in [0.25, 0.3) is 0 Å². The highest BCUT2D eigenvalue weighted by Crippen LogP contribution is 2.44. The predicted molar refractivity (Wildman–Crippen MR) is 86.9 cm³/mol. The first kappa shape index (κ1) is 18.5. The summed E-state index contributed by atoms with van der Waals surface area (Å²) in [6.45, 7) is 0. The molecule has 0 amide bonds. The summed E-state index contributed by atoms with van der Waals surface area (Å²) in [6.07, 6.45) is -1.11. The summed E-state index contributed by atoms with van der Waals surface area (Å²) in [5.74, 6) is -3.33. The zero-order chi connectivity index (χ0) is 19.5. The number of nitrogens with zero attached hydrogens (tertiary/aromatic N) is 2. The van der Waals surface area contributed by atoms with Crippen LogP contribution in [0.2, 0.25) is 0 Å². The van der Waals surface area contributed by atoms with E-state index in [4.69, 9.17) is 0 Å². The number of aliphatic carboxylic acids is 2. The number of para-hydroxylation sites is 2. The molecule has 10 nitrogen and oxygen atoms in total. The number of hydrogen-bond donors (Lipinski definition) is 2. The number of hydrogen-bond acceptors (Lipinski definition) is 6. The van der Waals surface area contributed by atoms with Gasteiger partial charge in [0.1, 0.15) is 5.41 Å². The lowest BCUT2D eigenvalue weighted by Gasteiger charge is -2.28. The Kier molecular flexibility index (Phi) is 4.96. The summed E-state index contributed by atoms with van der Waals surface area (Å²) in [7, 11) is 0. The molecule has 0 saturated carbocycles. The monoisotopic (exact) mass is 360 g/mol. The van der Waals surface area contributed by atoms with E-state index in [1.165, 1.54) is 24.3 Å². The van der Waals surface area contributed by atoms with Gasteiger partial charge in [0.2, 0.25) is 0 Å². The highest BCUT2D eigenvalue weighted by atomic mass is 16.6. The third kappa shape index (κ3) is 3.07. The van der Waals surface area contributed by atoms with Crippen LogP contribution in [0.15, 0.2) is 48.5 Å². The van der Waals surface area contributed by atoms with E-state index in [0.717, 1.165) is 24.3 Å². The molecule has 0 fully saturated rings. The van der Waals surface area contributed by atoms with Gasteiger partial charge in [0.05, 0.1) is 27.4 Å². The van der Waals surface area contributed by atoms with Gasteiger partial charge in [-0.25, -0.2) is 0 Å². The minimum atomic E-state index is -2.51. The molecule has 0 bridgehead atoms. The molecule has 0 unspecified atom stereocenters. The van der Waals surface area contributed by atoms with Gasteiger partial charge in [0.25, 0.3) is 11.4 Å². The average Bonchev–Trinajstić information content (AvgIpc) is 2.59. The molecule has 0 aliphatic rings. The van der Waals surface area contributed by atoms with Crippen LogP contribution in [0.4, 0.5) is 11.4 Å². The summed E-state index contributed by atoms with van der Waals surface area (Å²) in [6, 6.07) is 9.39. The van der Waals surface area contributed by atoms with Crippen LogP contribution < -0.4 is 0 Å². The smallest absolute Gasteiger partial charge is 0.319 e. The standard InChI is InChI=1S/C16H12N2O8/c19-14(20)9-16(15(21)22,10-5-1-3-7-12(10)17(23)24)11-6-2-4-8-13(11)18(25)26/h1-8H,9H2,(H,19,20)(H,21,22). The van der Waals surface area contributed by atoms with Gasteiger partial charge >= 0.3 is 11.9 Å². The first-order valence-corrected chi connectivity index (χ1v) is 7.14. The fourth-order valence-corrected chi connectivity index (χ4v) is 2.86. The molecule has 10 heteroatoms. The van der Waals surface area contributed by atoms with Crippen LogP contribution in [-0.4, -0.2) is 32.0 Å². The van der Waals surface area contributed by atoms with Crippen LogP contribution in [0.3, 0.4) is 0 Å². The molecule has 134 valence electrons. The Morgan fingerprint density at radius 1 is 0.846 bits per heavy atom. The maximum Gasteiger partial charge on any atom is 0.319 e. The topological polar surface area (TPSA) is 161 Å². The number of nitro groups is 2. The molecule has 0 spiro atoms. The molecule has 0 radical (unpaired) electrons. The quantitative estimate of drug-likeness (QED) is 0.561. The Balaban J connectivity index is 2.99. The largest absolute Gasteiger partial charge is 0.481 e. The second-order valence-electron chi connectivity index (χ2n) is 5.33. The molecule has 2 aromatic carbocycles. The normalized spacial score (nSPS) is 10.9. The minimum absolute atomic E-state index is 0.450. The number of nitro benzene ring substituents is 2. The van der Waals surface area contributed by atoms with Gasteiger partial charge in [-0.15, -0.1) is 0 Å². The molecular weight excluding hydrogens is 348 g/mol. The summed E-state index contributed by atoms with van der Waals surface area (Å²) in [4.78, 5) is 44.6. The summed E-state index contributed by atoms with van der Waals surface area (Å²) < 4.78 is 0. The van der Waals surface area contributed by atoms with E-state index in [0.29, 0.717) is 0 Å². The molecule has 0 atom stereocenters. The van der Waals surface area contributed by atoms with Crippen molar-refractivity contribution in [2.24, 2.45) is 0 Å². The average molecular weight is 360 g/mol. The molecule has 0 aromatic heterocycles. The molecule has 0 aliphatic carbocycles.